The Morgan fingerprint density at radius 1 is 1.00 bits per heavy atom. The lowest BCUT2D eigenvalue weighted by atomic mass is 10.1. The van der Waals surface area contributed by atoms with E-state index < -0.39 is 5.97 Å². The molecule has 3 aromatic rings. The van der Waals surface area contributed by atoms with Crippen molar-refractivity contribution in [3.05, 3.63) is 77.1 Å². The highest BCUT2D eigenvalue weighted by atomic mass is 16.5. The number of esters is 1. The van der Waals surface area contributed by atoms with Gasteiger partial charge in [-0.25, -0.2) is 9.48 Å². The molecule has 172 valence electrons. The predicted molar refractivity (Wildman–Crippen MR) is 126 cm³/mol. The SMILES string of the molecule is CCOC(=O)c1cnn(-c2ccc(C(=O)Nc3ccccc3C(=O)NC(C)CC)cc2)c1C. The van der Waals surface area contributed by atoms with E-state index in [2.05, 4.69) is 15.7 Å². The van der Waals surface area contributed by atoms with E-state index in [0.29, 0.717) is 33.8 Å². The van der Waals surface area contributed by atoms with Crippen molar-refractivity contribution in [1.29, 1.82) is 0 Å². The first-order valence-corrected chi connectivity index (χ1v) is 10.9. The van der Waals surface area contributed by atoms with Gasteiger partial charge in [-0.15, -0.1) is 0 Å². The van der Waals surface area contributed by atoms with Gasteiger partial charge in [0.05, 0.1) is 35.4 Å². The average molecular weight is 449 g/mol. The Hall–Kier alpha value is -3.94. The van der Waals surface area contributed by atoms with E-state index in [4.69, 9.17) is 4.74 Å². The molecule has 0 radical (unpaired) electrons. The first-order valence-electron chi connectivity index (χ1n) is 10.9. The molecule has 1 atom stereocenters. The number of para-hydroxylation sites is 1. The minimum atomic E-state index is -0.423. The molecule has 2 aromatic carbocycles. The molecule has 8 heteroatoms. The second-order valence-electron chi connectivity index (χ2n) is 7.61. The number of hydrogen-bond acceptors (Lipinski definition) is 5. The maximum Gasteiger partial charge on any atom is 0.341 e. The highest BCUT2D eigenvalue weighted by molar-refractivity contribution is 6.09. The first kappa shape index (κ1) is 23.7. The second-order valence-corrected chi connectivity index (χ2v) is 7.61. The summed E-state index contributed by atoms with van der Waals surface area (Å²) in [4.78, 5) is 37.4. The fraction of sp³-hybridized carbons (Fsp3) is 0.280. The van der Waals surface area contributed by atoms with Crippen LogP contribution in [0.15, 0.2) is 54.7 Å². The quantitative estimate of drug-likeness (QED) is 0.504. The van der Waals surface area contributed by atoms with E-state index in [1.807, 2.05) is 13.8 Å². The molecule has 33 heavy (non-hydrogen) atoms. The molecule has 3 rings (SSSR count). The Kier molecular flexibility index (Phi) is 7.61. The minimum Gasteiger partial charge on any atom is -0.462 e. The highest BCUT2D eigenvalue weighted by Gasteiger charge is 2.18. The molecule has 1 unspecified atom stereocenters. The number of ether oxygens (including phenoxy) is 1. The van der Waals surface area contributed by atoms with Crippen LogP contribution in [-0.4, -0.2) is 40.2 Å². The Bertz CT molecular complexity index is 1150. The lowest BCUT2D eigenvalue weighted by Crippen LogP contribution is -2.32. The lowest BCUT2D eigenvalue weighted by molar-refractivity contribution is 0.0525. The average Bonchev–Trinajstić information content (AvgIpc) is 3.20. The highest BCUT2D eigenvalue weighted by Crippen LogP contribution is 2.19. The van der Waals surface area contributed by atoms with Crippen molar-refractivity contribution in [3.63, 3.8) is 0 Å². The molecule has 0 aliphatic rings. The summed E-state index contributed by atoms with van der Waals surface area (Å²) in [6, 6.07) is 13.7. The van der Waals surface area contributed by atoms with Crippen LogP contribution in [0.5, 0.6) is 0 Å². The fourth-order valence-electron chi connectivity index (χ4n) is 3.22. The van der Waals surface area contributed by atoms with E-state index in [0.717, 1.165) is 6.42 Å². The third kappa shape index (κ3) is 5.46. The minimum absolute atomic E-state index is 0.0314. The molecule has 2 amide bonds. The van der Waals surface area contributed by atoms with Gasteiger partial charge in [-0.2, -0.15) is 5.10 Å². The summed E-state index contributed by atoms with van der Waals surface area (Å²) < 4.78 is 6.66. The van der Waals surface area contributed by atoms with E-state index in [9.17, 15) is 14.4 Å². The largest absolute Gasteiger partial charge is 0.462 e. The number of nitrogens with one attached hydrogen (secondary N) is 2. The zero-order chi connectivity index (χ0) is 24.0. The third-order valence-electron chi connectivity index (χ3n) is 5.29. The molecule has 0 saturated carbocycles. The van der Waals surface area contributed by atoms with Crippen LogP contribution in [-0.2, 0) is 4.74 Å². The molecule has 0 aliphatic carbocycles. The van der Waals surface area contributed by atoms with Crippen molar-refractivity contribution in [2.45, 2.75) is 40.2 Å². The van der Waals surface area contributed by atoms with Crippen molar-refractivity contribution in [2.24, 2.45) is 0 Å². The molecule has 1 heterocycles. The van der Waals surface area contributed by atoms with Gasteiger partial charge < -0.3 is 15.4 Å². The number of aromatic nitrogens is 2. The van der Waals surface area contributed by atoms with Crippen LogP contribution in [0.25, 0.3) is 5.69 Å². The summed E-state index contributed by atoms with van der Waals surface area (Å²) in [6.45, 7) is 7.73. The smallest absolute Gasteiger partial charge is 0.341 e. The van der Waals surface area contributed by atoms with Crippen molar-refractivity contribution in [1.82, 2.24) is 15.1 Å². The van der Waals surface area contributed by atoms with Gasteiger partial charge in [-0.1, -0.05) is 19.1 Å². The molecule has 0 bridgehead atoms. The summed E-state index contributed by atoms with van der Waals surface area (Å²) in [5.41, 5.74) is 3.01. The van der Waals surface area contributed by atoms with E-state index in [1.165, 1.54) is 6.20 Å². The molecule has 0 saturated heterocycles. The monoisotopic (exact) mass is 448 g/mol. The zero-order valence-corrected chi connectivity index (χ0v) is 19.2. The van der Waals surface area contributed by atoms with Crippen LogP contribution in [0.3, 0.4) is 0 Å². The van der Waals surface area contributed by atoms with E-state index in [-0.39, 0.29) is 24.5 Å². The molecular formula is C25H28N4O4. The van der Waals surface area contributed by atoms with Crippen LogP contribution in [0, 0.1) is 6.92 Å². The Labute approximate surface area is 193 Å². The molecule has 8 nitrogen and oxygen atoms in total. The fourth-order valence-corrected chi connectivity index (χ4v) is 3.22. The van der Waals surface area contributed by atoms with Crippen molar-refractivity contribution in [2.75, 3.05) is 11.9 Å². The van der Waals surface area contributed by atoms with Gasteiger partial charge in [0.2, 0.25) is 0 Å². The van der Waals surface area contributed by atoms with Gasteiger partial charge in [-0.3, -0.25) is 9.59 Å². The van der Waals surface area contributed by atoms with Crippen LogP contribution >= 0.6 is 0 Å². The maximum absolute atomic E-state index is 12.8. The van der Waals surface area contributed by atoms with Gasteiger partial charge in [0.15, 0.2) is 0 Å². The van der Waals surface area contributed by atoms with Crippen LogP contribution in [0.2, 0.25) is 0 Å². The first-order chi connectivity index (χ1) is 15.8. The summed E-state index contributed by atoms with van der Waals surface area (Å²) >= 11 is 0. The number of carbonyl (C=O) groups excluding carboxylic acids is 3. The van der Waals surface area contributed by atoms with Crippen molar-refractivity contribution in [3.8, 4) is 5.69 Å². The third-order valence-corrected chi connectivity index (χ3v) is 5.29. The molecule has 2 N–H and O–H groups in total. The Balaban J connectivity index is 1.76. The van der Waals surface area contributed by atoms with Crippen molar-refractivity contribution >= 4 is 23.5 Å². The summed E-state index contributed by atoms with van der Waals surface area (Å²) in [5, 5.41) is 10.00. The normalized spacial score (nSPS) is 11.5. The predicted octanol–water partition coefficient (Wildman–Crippen LogP) is 4.14. The molecular weight excluding hydrogens is 420 g/mol. The second kappa shape index (κ2) is 10.6. The number of anilines is 1. The lowest BCUT2D eigenvalue weighted by Gasteiger charge is -2.15. The number of rotatable bonds is 8. The topological polar surface area (TPSA) is 102 Å². The number of hydrogen-bond donors (Lipinski definition) is 2. The van der Waals surface area contributed by atoms with Crippen LogP contribution in [0.1, 0.15) is 64.0 Å². The number of benzene rings is 2. The number of nitrogens with zero attached hydrogens (tertiary/aromatic N) is 2. The van der Waals surface area contributed by atoms with E-state index >= 15 is 0 Å². The molecule has 0 spiro atoms. The van der Waals surface area contributed by atoms with Crippen molar-refractivity contribution < 1.29 is 19.1 Å². The van der Waals surface area contributed by atoms with Gasteiger partial charge in [0, 0.05) is 11.6 Å². The standard InChI is InChI=1S/C25H28N4O4/c1-5-16(3)27-24(31)20-9-7-8-10-22(20)28-23(30)18-11-13-19(14-12-18)29-17(4)21(15-26-29)25(32)33-6-2/h7-16H,5-6H2,1-4H3,(H,27,31)(H,28,30). The van der Waals surface area contributed by atoms with Gasteiger partial charge in [-0.05, 0) is 63.6 Å². The van der Waals surface area contributed by atoms with Gasteiger partial charge in [0.25, 0.3) is 11.8 Å². The van der Waals surface area contributed by atoms with Gasteiger partial charge >= 0.3 is 5.97 Å². The van der Waals surface area contributed by atoms with Gasteiger partial charge in [0.1, 0.15) is 5.56 Å². The zero-order valence-electron chi connectivity index (χ0n) is 19.2. The summed E-state index contributed by atoms with van der Waals surface area (Å²) in [5.74, 6) is -0.995. The summed E-state index contributed by atoms with van der Waals surface area (Å²) in [7, 11) is 0. The molecule has 0 fully saturated rings. The summed E-state index contributed by atoms with van der Waals surface area (Å²) in [6.07, 6.45) is 2.28. The Morgan fingerprint density at radius 3 is 2.36 bits per heavy atom. The maximum atomic E-state index is 12.8. The van der Waals surface area contributed by atoms with Crippen LogP contribution in [0.4, 0.5) is 5.69 Å². The molecule has 0 aliphatic heterocycles. The number of amides is 2. The van der Waals surface area contributed by atoms with E-state index in [1.54, 1.807) is 67.1 Å². The molecule has 1 aromatic heterocycles. The Morgan fingerprint density at radius 2 is 1.70 bits per heavy atom. The number of carbonyl (C=O) groups is 3. The van der Waals surface area contributed by atoms with Crippen LogP contribution < -0.4 is 10.6 Å².